The zero-order valence-electron chi connectivity index (χ0n) is 15.0. The highest BCUT2D eigenvalue weighted by atomic mass is 32.1. The first-order chi connectivity index (χ1) is 13.0. The highest BCUT2D eigenvalue weighted by Crippen LogP contribution is 2.22. The van der Waals surface area contributed by atoms with Crippen molar-refractivity contribution in [2.45, 2.75) is 26.4 Å². The Bertz CT molecular complexity index is 796. The fourth-order valence-corrected chi connectivity index (χ4v) is 3.52. The third-order valence-electron chi connectivity index (χ3n) is 4.30. The summed E-state index contributed by atoms with van der Waals surface area (Å²) in [5.74, 6) is -0.975. The number of hydrogen-bond donors (Lipinski definition) is 1. The molecule has 9 heteroatoms. The zero-order chi connectivity index (χ0) is 19.2. The molecule has 1 N–H and O–H groups in total. The Hall–Kier alpha value is -2.39. The van der Waals surface area contributed by atoms with Crippen molar-refractivity contribution < 1.29 is 18.7 Å². The van der Waals surface area contributed by atoms with E-state index in [9.17, 15) is 14.0 Å². The average Bonchev–Trinajstić information content (AvgIpc) is 3.26. The number of halogens is 1. The van der Waals surface area contributed by atoms with Crippen LogP contribution in [0, 0.1) is 11.7 Å². The maximum Gasteiger partial charge on any atom is 0.231 e. The lowest BCUT2D eigenvalue weighted by Crippen LogP contribution is -2.30. The molecule has 7 nitrogen and oxygen atoms in total. The molecular formula is C18H21FN4O3S. The number of aromatic nitrogens is 2. The molecule has 1 aromatic carbocycles. The number of likely N-dealkylation sites (tertiary alicyclic amines) is 1. The fraction of sp³-hybridized carbons (Fsp3) is 0.444. The Kier molecular flexibility index (Phi) is 6.46. The van der Waals surface area contributed by atoms with Crippen molar-refractivity contribution in [2.24, 2.45) is 5.92 Å². The molecular weight excluding hydrogens is 371 g/mol. The molecule has 0 radical (unpaired) electrons. The molecule has 1 aromatic heterocycles. The van der Waals surface area contributed by atoms with Gasteiger partial charge in [-0.25, -0.2) is 4.39 Å². The van der Waals surface area contributed by atoms with Crippen LogP contribution in [0.1, 0.15) is 23.9 Å². The van der Waals surface area contributed by atoms with Gasteiger partial charge in [0.25, 0.3) is 0 Å². The van der Waals surface area contributed by atoms with Crippen molar-refractivity contribution in [1.29, 1.82) is 0 Å². The van der Waals surface area contributed by atoms with Gasteiger partial charge in [0.05, 0.1) is 5.92 Å². The van der Waals surface area contributed by atoms with Crippen molar-refractivity contribution in [2.75, 3.05) is 25.0 Å². The monoisotopic (exact) mass is 392 g/mol. The molecule has 0 unspecified atom stereocenters. The minimum atomic E-state index is -0.412. The molecule has 0 bridgehead atoms. The molecule has 1 saturated heterocycles. The minimum absolute atomic E-state index is 0.0495. The summed E-state index contributed by atoms with van der Waals surface area (Å²) in [4.78, 5) is 26.3. The normalized spacial score (nSPS) is 16.7. The molecule has 1 atom stereocenters. The van der Waals surface area contributed by atoms with Crippen LogP contribution in [-0.4, -0.2) is 46.6 Å². The number of amides is 2. The van der Waals surface area contributed by atoms with Crippen LogP contribution < -0.4 is 5.32 Å². The first kappa shape index (κ1) is 19.4. The van der Waals surface area contributed by atoms with Gasteiger partial charge in [0.2, 0.25) is 16.9 Å². The Labute approximate surface area is 160 Å². The topological polar surface area (TPSA) is 84.4 Å². The van der Waals surface area contributed by atoms with Crippen LogP contribution in [-0.2, 0) is 27.4 Å². The second-order valence-electron chi connectivity index (χ2n) is 6.24. The number of anilines is 1. The van der Waals surface area contributed by atoms with E-state index >= 15 is 0 Å². The van der Waals surface area contributed by atoms with Crippen LogP contribution in [0.2, 0.25) is 0 Å². The van der Waals surface area contributed by atoms with E-state index in [1.54, 1.807) is 17.0 Å². The number of carbonyl (C=O) groups excluding carboxylic acids is 2. The lowest BCUT2D eigenvalue weighted by molar-refractivity contribution is -0.128. The van der Waals surface area contributed by atoms with E-state index in [1.165, 1.54) is 23.5 Å². The van der Waals surface area contributed by atoms with Gasteiger partial charge in [0.15, 0.2) is 0 Å². The second-order valence-corrected chi connectivity index (χ2v) is 7.31. The summed E-state index contributed by atoms with van der Waals surface area (Å²) in [6.45, 7) is 3.72. The molecule has 0 saturated carbocycles. The number of nitrogens with zero attached hydrogens (tertiary/aromatic N) is 3. The van der Waals surface area contributed by atoms with Gasteiger partial charge in [0.1, 0.15) is 17.4 Å². The summed E-state index contributed by atoms with van der Waals surface area (Å²) in [7, 11) is 0. The van der Waals surface area contributed by atoms with Crippen molar-refractivity contribution in [1.82, 2.24) is 15.1 Å². The van der Waals surface area contributed by atoms with Gasteiger partial charge in [-0.2, -0.15) is 0 Å². The lowest BCUT2D eigenvalue weighted by Gasteiger charge is -2.16. The minimum Gasteiger partial charge on any atom is -0.374 e. The van der Waals surface area contributed by atoms with Crippen LogP contribution in [0.4, 0.5) is 9.52 Å². The van der Waals surface area contributed by atoms with Crippen LogP contribution >= 0.6 is 11.3 Å². The van der Waals surface area contributed by atoms with Gasteiger partial charge in [-0.1, -0.05) is 23.5 Å². The van der Waals surface area contributed by atoms with Gasteiger partial charge in [-0.05, 0) is 31.0 Å². The van der Waals surface area contributed by atoms with Gasteiger partial charge >= 0.3 is 0 Å². The quantitative estimate of drug-likeness (QED) is 0.745. The van der Waals surface area contributed by atoms with E-state index in [2.05, 4.69) is 15.5 Å². The molecule has 27 heavy (non-hydrogen) atoms. The van der Waals surface area contributed by atoms with Crippen molar-refractivity contribution >= 4 is 28.3 Å². The number of ether oxygens (including phenoxy) is 1. The Morgan fingerprint density at radius 2 is 2.15 bits per heavy atom. The van der Waals surface area contributed by atoms with Gasteiger partial charge in [-0.3, -0.25) is 9.59 Å². The molecule has 1 fully saturated rings. The number of hydrogen-bond acceptors (Lipinski definition) is 6. The standard InChI is InChI=1S/C18H21FN4O3S/c1-2-26-11-15-21-22-18(27-15)20-17(25)13-9-16(24)23(10-13)8-7-12-3-5-14(19)6-4-12/h3-6,13H,2,7-11H2,1H3,(H,20,22,25)/t13-/m0/s1. The summed E-state index contributed by atoms with van der Waals surface area (Å²) < 4.78 is 18.2. The van der Waals surface area contributed by atoms with Crippen LogP contribution in [0.5, 0.6) is 0 Å². The molecule has 3 rings (SSSR count). The summed E-state index contributed by atoms with van der Waals surface area (Å²) in [6.07, 6.45) is 0.803. The molecule has 0 aliphatic carbocycles. The Morgan fingerprint density at radius 3 is 2.89 bits per heavy atom. The molecule has 2 amide bonds. The van der Waals surface area contributed by atoms with Crippen LogP contribution in [0.15, 0.2) is 24.3 Å². The third-order valence-corrected chi connectivity index (χ3v) is 5.11. The fourth-order valence-electron chi connectivity index (χ4n) is 2.84. The van der Waals surface area contributed by atoms with Gasteiger partial charge in [-0.15, -0.1) is 10.2 Å². The Morgan fingerprint density at radius 1 is 1.37 bits per heavy atom. The van der Waals surface area contributed by atoms with Gasteiger partial charge in [0, 0.05) is 26.1 Å². The van der Waals surface area contributed by atoms with Gasteiger partial charge < -0.3 is 15.0 Å². The van der Waals surface area contributed by atoms with E-state index in [0.29, 0.717) is 42.9 Å². The van der Waals surface area contributed by atoms with Crippen molar-refractivity contribution in [3.8, 4) is 0 Å². The van der Waals surface area contributed by atoms with Crippen LogP contribution in [0.25, 0.3) is 0 Å². The predicted octanol–water partition coefficient (Wildman–Crippen LogP) is 2.24. The molecule has 1 aliphatic rings. The molecule has 1 aliphatic heterocycles. The largest absolute Gasteiger partial charge is 0.374 e. The second kappa shape index (κ2) is 9.01. The third kappa shape index (κ3) is 5.30. The average molecular weight is 392 g/mol. The summed E-state index contributed by atoms with van der Waals surface area (Å²) in [5.41, 5.74) is 0.952. The summed E-state index contributed by atoms with van der Waals surface area (Å²) >= 11 is 1.26. The van der Waals surface area contributed by atoms with Crippen molar-refractivity contribution in [3.63, 3.8) is 0 Å². The van der Waals surface area contributed by atoms with Crippen molar-refractivity contribution in [3.05, 3.63) is 40.7 Å². The van der Waals surface area contributed by atoms with E-state index in [0.717, 1.165) is 5.56 Å². The molecule has 0 spiro atoms. The van der Waals surface area contributed by atoms with E-state index < -0.39 is 5.92 Å². The highest BCUT2D eigenvalue weighted by molar-refractivity contribution is 7.15. The first-order valence-corrected chi connectivity index (χ1v) is 9.60. The maximum absolute atomic E-state index is 12.9. The van der Waals surface area contributed by atoms with E-state index in [4.69, 9.17) is 4.74 Å². The number of carbonyl (C=O) groups is 2. The van der Waals surface area contributed by atoms with E-state index in [1.807, 2.05) is 6.92 Å². The zero-order valence-corrected chi connectivity index (χ0v) is 15.8. The molecule has 2 heterocycles. The Balaban J connectivity index is 1.49. The smallest absolute Gasteiger partial charge is 0.231 e. The number of nitrogens with one attached hydrogen (secondary N) is 1. The molecule has 2 aromatic rings. The lowest BCUT2D eigenvalue weighted by atomic mass is 10.1. The van der Waals surface area contributed by atoms with Crippen LogP contribution in [0.3, 0.4) is 0 Å². The SMILES string of the molecule is CCOCc1nnc(NC(=O)[C@H]2CC(=O)N(CCc3ccc(F)cc3)C2)s1. The highest BCUT2D eigenvalue weighted by Gasteiger charge is 2.34. The number of rotatable bonds is 8. The maximum atomic E-state index is 12.9. The summed E-state index contributed by atoms with van der Waals surface area (Å²) in [6, 6.07) is 6.21. The summed E-state index contributed by atoms with van der Waals surface area (Å²) in [5, 5.41) is 11.7. The molecule has 144 valence electrons. The predicted molar refractivity (Wildman–Crippen MR) is 98.7 cm³/mol. The number of benzene rings is 1. The van der Waals surface area contributed by atoms with E-state index in [-0.39, 0.29) is 24.1 Å². The first-order valence-electron chi connectivity index (χ1n) is 8.78.